The zero-order valence-corrected chi connectivity index (χ0v) is 22.6. The molecule has 0 saturated carbocycles. The number of halogens is 2. The van der Waals surface area contributed by atoms with Crippen LogP contribution < -0.4 is 0 Å². The van der Waals surface area contributed by atoms with Gasteiger partial charge in [0.1, 0.15) is 0 Å². The lowest BCUT2D eigenvalue weighted by Crippen LogP contribution is -2.45. The molecule has 0 aromatic heterocycles. The molecule has 35 heavy (non-hydrogen) atoms. The van der Waals surface area contributed by atoms with E-state index < -0.39 is 0 Å². The summed E-state index contributed by atoms with van der Waals surface area (Å²) in [6.07, 6.45) is 2.84. The van der Waals surface area contributed by atoms with Gasteiger partial charge in [0.15, 0.2) is 0 Å². The molecule has 3 rings (SSSR count). The third-order valence-electron chi connectivity index (χ3n) is 7.00. The lowest BCUT2D eigenvalue weighted by atomic mass is 9.92. The molecule has 1 fully saturated rings. The minimum atomic E-state index is -0.00137. The SMILES string of the molecule is CCN(CC)C(=O)C1CCCN(CCC(CN(C)C(=O)c2ccccc2)c2ccc(Cl)c(Cl)c2)C1. The number of nitrogens with zero attached hydrogens (tertiary/aromatic N) is 3. The van der Waals surface area contributed by atoms with E-state index in [1.54, 1.807) is 4.90 Å². The molecule has 1 saturated heterocycles. The molecule has 0 aliphatic carbocycles. The van der Waals surface area contributed by atoms with Crippen LogP contribution in [0.15, 0.2) is 48.5 Å². The quantitative estimate of drug-likeness (QED) is 0.398. The van der Waals surface area contributed by atoms with Crippen molar-refractivity contribution in [1.82, 2.24) is 14.7 Å². The molecule has 0 bridgehead atoms. The Labute approximate surface area is 220 Å². The first-order valence-corrected chi connectivity index (χ1v) is 13.4. The fraction of sp³-hybridized carbons (Fsp3) is 0.500. The number of carbonyl (C=O) groups excluding carboxylic acids is 2. The molecule has 2 atom stereocenters. The van der Waals surface area contributed by atoms with Gasteiger partial charge in [0.25, 0.3) is 5.91 Å². The minimum Gasteiger partial charge on any atom is -0.343 e. The van der Waals surface area contributed by atoms with Crippen LogP contribution in [-0.4, -0.2) is 72.8 Å². The molecule has 0 N–H and O–H groups in total. The molecule has 2 amide bonds. The van der Waals surface area contributed by atoms with Crippen molar-refractivity contribution in [3.05, 3.63) is 69.7 Å². The van der Waals surface area contributed by atoms with Gasteiger partial charge in [0, 0.05) is 44.7 Å². The van der Waals surface area contributed by atoms with Crippen molar-refractivity contribution >= 4 is 35.0 Å². The van der Waals surface area contributed by atoms with Crippen LogP contribution in [0.2, 0.25) is 10.0 Å². The van der Waals surface area contributed by atoms with Gasteiger partial charge in [-0.1, -0.05) is 47.5 Å². The summed E-state index contributed by atoms with van der Waals surface area (Å²) in [4.78, 5) is 32.0. The average Bonchev–Trinajstić information content (AvgIpc) is 2.89. The maximum atomic E-state index is 13.0. The van der Waals surface area contributed by atoms with E-state index in [1.807, 2.05) is 74.3 Å². The second-order valence-corrected chi connectivity index (χ2v) is 10.2. The average molecular weight is 519 g/mol. The normalized spacial score (nSPS) is 17.1. The Balaban J connectivity index is 1.70. The third kappa shape index (κ3) is 7.45. The van der Waals surface area contributed by atoms with E-state index >= 15 is 0 Å². The summed E-state index contributed by atoms with van der Waals surface area (Å²) in [5.41, 5.74) is 1.75. The predicted octanol–water partition coefficient (Wildman–Crippen LogP) is 5.82. The van der Waals surface area contributed by atoms with Gasteiger partial charge >= 0.3 is 0 Å². The number of hydrogen-bond acceptors (Lipinski definition) is 3. The summed E-state index contributed by atoms with van der Waals surface area (Å²) in [6.45, 7) is 8.81. The van der Waals surface area contributed by atoms with Crippen molar-refractivity contribution < 1.29 is 9.59 Å². The van der Waals surface area contributed by atoms with E-state index in [1.165, 1.54) is 0 Å². The van der Waals surface area contributed by atoms with Crippen molar-refractivity contribution in [3.8, 4) is 0 Å². The first-order valence-electron chi connectivity index (χ1n) is 12.6. The largest absolute Gasteiger partial charge is 0.343 e. The number of piperidine rings is 1. The van der Waals surface area contributed by atoms with E-state index in [4.69, 9.17) is 23.2 Å². The van der Waals surface area contributed by atoms with Gasteiger partial charge in [0.2, 0.25) is 5.91 Å². The number of hydrogen-bond donors (Lipinski definition) is 0. The number of amides is 2. The fourth-order valence-corrected chi connectivity index (χ4v) is 5.24. The van der Waals surface area contributed by atoms with Crippen molar-refractivity contribution in [2.75, 3.05) is 46.3 Å². The minimum absolute atomic E-state index is 0.00137. The summed E-state index contributed by atoms with van der Waals surface area (Å²) >= 11 is 12.5. The van der Waals surface area contributed by atoms with E-state index in [0.29, 0.717) is 22.2 Å². The highest BCUT2D eigenvalue weighted by Gasteiger charge is 2.29. The Bertz CT molecular complexity index is 981. The zero-order valence-electron chi connectivity index (χ0n) is 21.1. The molecule has 0 spiro atoms. The Kier molecular flexibility index (Phi) is 10.4. The van der Waals surface area contributed by atoms with Gasteiger partial charge in [-0.05, 0) is 76.0 Å². The summed E-state index contributed by atoms with van der Waals surface area (Å²) in [7, 11) is 1.85. The summed E-state index contributed by atoms with van der Waals surface area (Å²) in [5.74, 6) is 0.433. The van der Waals surface area contributed by atoms with Crippen LogP contribution in [-0.2, 0) is 4.79 Å². The fourth-order valence-electron chi connectivity index (χ4n) is 4.94. The maximum Gasteiger partial charge on any atom is 0.253 e. The van der Waals surface area contributed by atoms with Gasteiger partial charge in [-0.3, -0.25) is 9.59 Å². The van der Waals surface area contributed by atoms with Crippen molar-refractivity contribution in [2.24, 2.45) is 5.92 Å². The standard InChI is InChI=1S/C28H37Cl2N3O2/c1-4-33(5-2)28(35)24-12-9-16-32(20-24)17-15-23(22-13-14-25(29)26(30)18-22)19-31(3)27(34)21-10-7-6-8-11-21/h6-8,10-11,13-14,18,23-24H,4-5,9,12,15-17,19-20H2,1-3H3. The first kappa shape index (κ1) is 27.5. The van der Waals surface area contributed by atoms with Crippen LogP contribution in [0.1, 0.15) is 54.9 Å². The molecule has 5 nitrogen and oxygen atoms in total. The molecule has 7 heteroatoms. The summed E-state index contributed by atoms with van der Waals surface area (Å²) < 4.78 is 0. The molecule has 2 aromatic carbocycles. The third-order valence-corrected chi connectivity index (χ3v) is 7.74. The van der Waals surface area contributed by atoms with Crippen molar-refractivity contribution in [2.45, 2.75) is 39.0 Å². The monoisotopic (exact) mass is 517 g/mol. The molecule has 1 aliphatic heterocycles. The first-order chi connectivity index (χ1) is 16.8. The molecule has 190 valence electrons. The maximum absolute atomic E-state index is 13.0. The number of benzene rings is 2. The van der Waals surface area contributed by atoms with Crippen LogP contribution >= 0.6 is 23.2 Å². The van der Waals surface area contributed by atoms with Crippen LogP contribution in [0.25, 0.3) is 0 Å². The van der Waals surface area contributed by atoms with Gasteiger partial charge < -0.3 is 14.7 Å². The Morgan fingerprint density at radius 3 is 2.43 bits per heavy atom. The van der Waals surface area contributed by atoms with Crippen LogP contribution in [0.3, 0.4) is 0 Å². The van der Waals surface area contributed by atoms with Gasteiger partial charge in [-0.15, -0.1) is 0 Å². The van der Waals surface area contributed by atoms with Crippen LogP contribution in [0.4, 0.5) is 0 Å². The number of likely N-dealkylation sites (N-methyl/N-ethyl adjacent to an activating group) is 1. The predicted molar refractivity (Wildman–Crippen MR) is 144 cm³/mol. The number of carbonyl (C=O) groups is 2. The molecular weight excluding hydrogens is 481 g/mol. The van der Waals surface area contributed by atoms with E-state index in [2.05, 4.69) is 4.90 Å². The van der Waals surface area contributed by atoms with Crippen LogP contribution in [0.5, 0.6) is 0 Å². The highest BCUT2D eigenvalue weighted by Crippen LogP contribution is 2.30. The molecule has 1 aliphatic rings. The summed E-state index contributed by atoms with van der Waals surface area (Å²) in [6, 6.07) is 15.1. The highest BCUT2D eigenvalue weighted by molar-refractivity contribution is 6.42. The Morgan fingerprint density at radius 1 is 1.06 bits per heavy atom. The zero-order chi connectivity index (χ0) is 25.4. The Hall–Kier alpha value is -2.08. The second kappa shape index (κ2) is 13.3. The number of likely N-dealkylation sites (tertiary alicyclic amines) is 1. The van der Waals surface area contributed by atoms with Crippen molar-refractivity contribution in [3.63, 3.8) is 0 Å². The van der Waals surface area contributed by atoms with E-state index in [-0.39, 0.29) is 23.7 Å². The lowest BCUT2D eigenvalue weighted by molar-refractivity contribution is -0.137. The topological polar surface area (TPSA) is 43.9 Å². The lowest BCUT2D eigenvalue weighted by Gasteiger charge is -2.35. The second-order valence-electron chi connectivity index (χ2n) is 9.36. The van der Waals surface area contributed by atoms with Gasteiger partial charge in [0.05, 0.1) is 16.0 Å². The van der Waals surface area contributed by atoms with Crippen molar-refractivity contribution in [1.29, 1.82) is 0 Å². The molecule has 1 heterocycles. The molecular formula is C28H37Cl2N3O2. The molecule has 0 radical (unpaired) electrons. The number of rotatable bonds is 10. The van der Waals surface area contributed by atoms with Crippen LogP contribution in [0, 0.1) is 5.92 Å². The molecule has 2 aromatic rings. The Morgan fingerprint density at radius 2 is 1.77 bits per heavy atom. The van der Waals surface area contributed by atoms with E-state index in [0.717, 1.165) is 57.5 Å². The smallest absolute Gasteiger partial charge is 0.253 e. The van der Waals surface area contributed by atoms with Gasteiger partial charge in [-0.2, -0.15) is 0 Å². The van der Waals surface area contributed by atoms with E-state index in [9.17, 15) is 9.59 Å². The highest BCUT2D eigenvalue weighted by atomic mass is 35.5. The summed E-state index contributed by atoms with van der Waals surface area (Å²) in [5, 5.41) is 1.05. The van der Waals surface area contributed by atoms with Gasteiger partial charge in [-0.25, -0.2) is 0 Å². The molecule has 2 unspecified atom stereocenters.